The number of hydrogen-bond acceptors (Lipinski definition) is 5. The van der Waals surface area contributed by atoms with E-state index in [0.29, 0.717) is 27.3 Å². The van der Waals surface area contributed by atoms with Crippen LogP contribution in [0.3, 0.4) is 0 Å². The molecule has 1 N–H and O–H groups in total. The molecule has 144 valence electrons. The average Bonchev–Trinajstić information content (AvgIpc) is 2.74. The van der Waals surface area contributed by atoms with Crippen LogP contribution in [-0.4, -0.2) is 23.3 Å². The number of methoxy groups -OCH3 is 1. The molecule has 0 amide bonds. The molecule has 0 atom stereocenters. The van der Waals surface area contributed by atoms with Gasteiger partial charge in [-0.25, -0.2) is 9.97 Å². The SMILES string of the molecule is COc1ccccc1/C=N\Nc1nc(-c2ccc(Cl)cc2Cl)nc2ccccc12. The molecule has 0 fully saturated rings. The lowest BCUT2D eigenvalue weighted by Crippen LogP contribution is -2.00. The molecule has 0 saturated carbocycles. The number of fused-ring (bicyclic) bond motifs is 1. The lowest BCUT2D eigenvalue weighted by molar-refractivity contribution is 0.414. The number of hydrogen-bond donors (Lipinski definition) is 1. The highest BCUT2D eigenvalue weighted by atomic mass is 35.5. The molecule has 5 nitrogen and oxygen atoms in total. The van der Waals surface area contributed by atoms with Crippen LogP contribution < -0.4 is 10.2 Å². The Balaban J connectivity index is 1.74. The van der Waals surface area contributed by atoms with Crippen LogP contribution in [0.15, 0.2) is 71.8 Å². The van der Waals surface area contributed by atoms with E-state index in [1.807, 2.05) is 48.5 Å². The van der Waals surface area contributed by atoms with Gasteiger partial charge in [-0.1, -0.05) is 47.5 Å². The first-order valence-electron chi connectivity index (χ1n) is 8.80. The van der Waals surface area contributed by atoms with Gasteiger partial charge in [-0.2, -0.15) is 5.10 Å². The fourth-order valence-corrected chi connectivity index (χ4v) is 3.38. The van der Waals surface area contributed by atoms with Gasteiger partial charge >= 0.3 is 0 Å². The molecule has 7 heteroatoms. The quantitative estimate of drug-likeness (QED) is 0.313. The van der Waals surface area contributed by atoms with Crippen LogP contribution in [0.25, 0.3) is 22.3 Å². The molecular weight excluding hydrogens is 407 g/mol. The van der Waals surface area contributed by atoms with E-state index < -0.39 is 0 Å². The molecule has 4 aromatic rings. The summed E-state index contributed by atoms with van der Waals surface area (Å²) in [6, 6.07) is 20.6. The standard InChI is InChI=1S/C22H16Cl2N4O/c1-29-20-9-5-2-6-14(20)13-25-28-22-17-7-3-4-8-19(17)26-21(27-22)16-11-10-15(23)12-18(16)24/h2-13H,1H3,(H,26,27,28)/b25-13-. The maximum atomic E-state index is 6.36. The van der Waals surface area contributed by atoms with Gasteiger partial charge in [-0.05, 0) is 42.5 Å². The highest BCUT2D eigenvalue weighted by Crippen LogP contribution is 2.31. The van der Waals surface area contributed by atoms with Gasteiger partial charge in [0.05, 0.1) is 23.9 Å². The number of aromatic nitrogens is 2. The van der Waals surface area contributed by atoms with Crippen LogP contribution in [0.1, 0.15) is 5.56 Å². The zero-order chi connectivity index (χ0) is 20.2. The molecule has 4 rings (SSSR count). The van der Waals surface area contributed by atoms with Crippen LogP contribution in [0.4, 0.5) is 5.82 Å². The van der Waals surface area contributed by atoms with Crippen LogP contribution in [0.2, 0.25) is 10.0 Å². The molecule has 29 heavy (non-hydrogen) atoms. The largest absolute Gasteiger partial charge is 0.496 e. The van der Waals surface area contributed by atoms with E-state index in [9.17, 15) is 0 Å². The third-order valence-corrected chi connectivity index (χ3v) is 4.84. The Morgan fingerprint density at radius 2 is 1.76 bits per heavy atom. The summed E-state index contributed by atoms with van der Waals surface area (Å²) in [6.07, 6.45) is 1.69. The monoisotopic (exact) mass is 422 g/mol. The normalized spacial score (nSPS) is 11.1. The number of nitrogens with one attached hydrogen (secondary N) is 1. The van der Waals surface area contributed by atoms with Crippen LogP contribution >= 0.6 is 23.2 Å². The van der Waals surface area contributed by atoms with E-state index in [2.05, 4.69) is 20.5 Å². The van der Waals surface area contributed by atoms with E-state index in [1.165, 1.54) is 0 Å². The van der Waals surface area contributed by atoms with Gasteiger partial charge in [0.1, 0.15) is 5.75 Å². The minimum absolute atomic E-state index is 0.483. The molecule has 0 aliphatic rings. The van der Waals surface area contributed by atoms with Gasteiger partial charge in [0.15, 0.2) is 11.6 Å². The summed E-state index contributed by atoms with van der Waals surface area (Å²) in [4.78, 5) is 9.28. The predicted molar refractivity (Wildman–Crippen MR) is 119 cm³/mol. The van der Waals surface area contributed by atoms with Gasteiger partial charge < -0.3 is 4.74 Å². The summed E-state index contributed by atoms with van der Waals surface area (Å²) in [5.41, 5.74) is 5.34. The van der Waals surface area contributed by atoms with Gasteiger partial charge in [-0.15, -0.1) is 0 Å². The molecule has 0 bridgehead atoms. The van der Waals surface area contributed by atoms with Crippen molar-refractivity contribution in [2.75, 3.05) is 12.5 Å². The smallest absolute Gasteiger partial charge is 0.163 e. The predicted octanol–water partition coefficient (Wildman–Crippen LogP) is 6.06. The Morgan fingerprint density at radius 1 is 0.966 bits per heavy atom. The van der Waals surface area contributed by atoms with Crippen molar-refractivity contribution in [2.24, 2.45) is 5.10 Å². The number of ether oxygens (including phenoxy) is 1. The fraction of sp³-hybridized carbons (Fsp3) is 0.0455. The number of para-hydroxylation sites is 2. The maximum Gasteiger partial charge on any atom is 0.163 e. The Kier molecular flexibility index (Phi) is 5.60. The summed E-state index contributed by atoms with van der Waals surface area (Å²) in [5, 5.41) is 6.23. The zero-order valence-electron chi connectivity index (χ0n) is 15.4. The molecule has 1 aromatic heterocycles. The minimum atomic E-state index is 0.483. The van der Waals surface area contributed by atoms with E-state index in [0.717, 1.165) is 22.2 Å². The van der Waals surface area contributed by atoms with Crippen molar-refractivity contribution in [3.8, 4) is 17.1 Å². The number of anilines is 1. The topological polar surface area (TPSA) is 59.4 Å². The highest BCUT2D eigenvalue weighted by Gasteiger charge is 2.12. The molecule has 0 unspecified atom stereocenters. The van der Waals surface area contributed by atoms with Crippen molar-refractivity contribution < 1.29 is 4.74 Å². The third kappa shape index (κ3) is 4.16. The van der Waals surface area contributed by atoms with Crippen molar-refractivity contribution in [1.82, 2.24) is 9.97 Å². The number of rotatable bonds is 5. The molecule has 1 heterocycles. The summed E-state index contributed by atoms with van der Waals surface area (Å²) in [7, 11) is 1.63. The van der Waals surface area contributed by atoms with E-state index >= 15 is 0 Å². The minimum Gasteiger partial charge on any atom is -0.496 e. The fourth-order valence-electron chi connectivity index (χ4n) is 2.89. The second kappa shape index (κ2) is 8.47. The molecule has 0 aliphatic carbocycles. The number of nitrogens with zero attached hydrogens (tertiary/aromatic N) is 3. The van der Waals surface area contributed by atoms with Gasteiger partial charge in [0.2, 0.25) is 0 Å². The summed E-state index contributed by atoms with van der Waals surface area (Å²) in [5.74, 6) is 1.79. The zero-order valence-corrected chi connectivity index (χ0v) is 16.9. The van der Waals surface area contributed by atoms with E-state index in [-0.39, 0.29) is 0 Å². The average molecular weight is 423 g/mol. The van der Waals surface area contributed by atoms with Crippen molar-refractivity contribution in [1.29, 1.82) is 0 Å². The third-order valence-electron chi connectivity index (χ3n) is 4.29. The number of halogens is 2. The molecule has 3 aromatic carbocycles. The van der Waals surface area contributed by atoms with Gasteiger partial charge in [0, 0.05) is 21.5 Å². The molecule has 0 radical (unpaired) electrons. The number of benzene rings is 3. The van der Waals surface area contributed by atoms with E-state index in [4.69, 9.17) is 27.9 Å². The molecule has 0 aliphatic heterocycles. The van der Waals surface area contributed by atoms with Crippen molar-refractivity contribution in [3.63, 3.8) is 0 Å². The summed E-state index contributed by atoms with van der Waals surface area (Å²) >= 11 is 12.4. The Morgan fingerprint density at radius 3 is 2.59 bits per heavy atom. The van der Waals surface area contributed by atoms with Crippen LogP contribution in [-0.2, 0) is 0 Å². The van der Waals surface area contributed by atoms with E-state index in [1.54, 1.807) is 31.5 Å². The summed E-state index contributed by atoms with van der Waals surface area (Å²) < 4.78 is 5.35. The first-order chi connectivity index (χ1) is 14.2. The number of hydrazone groups is 1. The second-order valence-corrected chi connectivity index (χ2v) is 6.99. The van der Waals surface area contributed by atoms with Gasteiger partial charge in [0.25, 0.3) is 0 Å². The van der Waals surface area contributed by atoms with Crippen molar-refractivity contribution in [3.05, 3.63) is 82.3 Å². The van der Waals surface area contributed by atoms with Crippen LogP contribution in [0, 0.1) is 0 Å². The maximum absolute atomic E-state index is 6.36. The first-order valence-corrected chi connectivity index (χ1v) is 9.55. The van der Waals surface area contributed by atoms with Crippen molar-refractivity contribution in [2.45, 2.75) is 0 Å². The lowest BCUT2D eigenvalue weighted by Gasteiger charge is -2.09. The first kappa shape index (κ1) is 19.2. The molecular formula is C22H16Cl2N4O. The molecule has 0 spiro atoms. The molecule has 0 saturated heterocycles. The Bertz CT molecular complexity index is 1210. The summed E-state index contributed by atoms with van der Waals surface area (Å²) in [6.45, 7) is 0. The highest BCUT2D eigenvalue weighted by molar-refractivity contribution is 6.36. The lowest BCUT2D eigenvalue weighted by atomic mass is 10.2. The van der Waals surface area contributed by atoms with Crippen molar-refractivity contribution >= 4 is 46.1 Å². The second-order valence-electron chi connectivity index (χ2n) is 6.15. The van der Waals surface area contributed by atoms with Crippen LogP contribution in [0.5, 0.6) is 5.75 Å². The van der Waals surface area contributed by atoms with Gasteiger partial charge in [-0.3, -0.25) is 5.43 Å². The Labute approximate surface area is 178 Å². The Hall–Kier alpha value is -3.15.